The molecular formula is C23H20Cl2FN5S. The van der Waals surface area contributed by atoms with Crippen molar-refractivity contribution in [2.75, 3.05) is 6.54 Å². The number of benzene rings is 2. The number of rotatable bonds is 6. The Morgan fingerprint density at radius 1 is 1.09 bits per heavy atom. The smallest absolute Gasteiger partial charge is 0.206 e. The van der Waals surface area contributed by atoms with E-state index < -0.39 is 0 Å². The molecule has 0 spiro atoms. The van der Waals surface area contributed by atoms with Crippen LogP contribution in [0.4, 0.5) is 4.39 Å². The van der Waals surface area contributed by atoms with Crippen molar-refractivity contribution in [3.8, 4) is 11.3 Å². The largest absolute Gasteiger partial charge is 0.258 e. The van der Waals surface area contributed by atoms with Gasteiger partial charge in [0.1, 0.15) is 11.0 Å². The summed E-state index contributed by atoms with van der Waals surface area (Å²) in [7, 11) is 0. The van der Waals surface area contributed by atoms with E-state index in [-0.39, 0.29) is 5.82 Å². The highest BCUT2D eigenvalue weighted by Crippen LogP contribution is 2.23. The van der Waals surface area contributed by atoms with Gasteiger partial charge in [0.25, 0.3) is 0 Å². The standard InChI is InChI=1S/C23H20Cl2FN5S/c1-3-27-23-31(21(14-32-23)17-6-8-18(24)9-7-17)28-12-20-15(2)29-30(22(20)25)13-16-4-10-19(26)11-5-16/h4-12,14H,3,13H2,1-2H3. The Bertz CT molecular complexity index is 1320. The average Bonchev–Trinajstić information content (AvgIpc) is 3.29. The maximum Gasteiger partial charge on any atom is 0.206 e. The Balaban J connectivity index is 1.69. The van der Waals surface area contributed by atoms with E-state index in [1.165, 1.54) is 23.5 Å². The Morgan fingerprint density at radius 2 is 1.81 bits per heavy atom. The summed E-state index contributed by atoms with van der Waals surface area (Å²) in [4.78, 5) is 5.33. The van der Waals surface area contributed by atoms with Crippen LogP contribution in [0.5, 0.6) is 0 Å². The molecule has 2 heterocycles. The Hall–Kier alpha value is -2.74. The molecule has 0 radical (unpaired) electrons. The lowest BCUT2D eigenvalue weighted by Gasteiger charge is -2.04. The van der Waals surface area contributed by atoms with Crippen molar-refractivity contribution >= 4 is 40.8 Å². The Kier molecular flexibility index (Phi) is 6.89. The Labute approximate surface area is 199 Å². The molecule has 5 nitrogen and oxygen atoms in total. The van der Waals surface area contributed by atoms with Crippen molar-refractivity contribution in [1.82, 2.24) is 14.5 Å². The molecule has 0 aliphatic heterocycles. The van der Waals surface area contributed by atoms with Crippen molar-refractivity contribution in [1.29, 1.82) is 0 Å². The van der Waals surface area contributed by atoms with Gasteiger partial charge in [0, 0.05) is 22.5 Å². The molecule has 0 aliphatic rings. The molecule has 0 N–H and O–H groups in total. The number of thiazole rings is 1. The summed E-state index contributed by atoms with van der Waals surface area (Å²) >= 11 is 14.2. The van der Waals surface area contributed by atoms with Crippen molar-refractivity contribution in [3.63, 3.8) is 0 Å². The van der Waals surface area contributed by atoms with E-state index in [0.29, 0.717) is 23.3 Å². The van der Waals surface area contributed by atoms with Crippen molar-refractivity contribution in [3.05, 3.63) is 91.5 Å². The second-order valence-electron chi connectivity index (χ2n) is 7.02. The third kappa shape index (κ3) is 4.85. The summed E-state index contributed by atoms with van der Waals surface area (Å²) in [5.74, 6) is -0.276. The summed E-state index contributed by atoms with van der Waals surface area (Å²) in [6.45, 7) is 4.94. The minimum absolute atomic E-state index is 0.276. The van der Waals surface area contributed by atoms with Crippen LogP contribution < -0.4 is 4.80 Å². The van der Waals surface area contributed by atoms with Gasteiger partial charge in [0.15, 0.2) is 0 Å². The van der Waals surface area contributed by atoms with Crippen LogP contribution in [0, 0.1) is 12.7 Å². The van der Waals surface area contributed by atoms with Crippen molar-refractivity contribution < 1.29 is 4.39 Å². The van der Waals surface area contributed by atoms with Crippen LogP contribution >= 0.6 is 34.5 Å². The zero-order chi connectivity index (χ0) is 22.7. The third-order valence-corrected chi connectivity index (χ3v) is 6.28. The van der Waals surface area contributed by atoms with E-state index in [1.54, 1.807) is 27.7 Å². The lowest BCUT2D eigenvalue weighted by atomic mass is 10.2. The van der Waals surface area contributed by atoms with E-state index >= 15 is 0 Å². The molecule has 0 aliphatic carbocycles. The van der Waals surface area contributed by atoms with Crippen LogP contribution in [0.15, 0.2) is 64.0 Å². The van der Waals surface area contributed by atoms with Gasteiger partial charge in [-0.1, -0.05) is 47.5 Å². The van der Waals surface area contributed by atoms with Gasteiger partial charge >= 0.3 is 0 Å². The second-order valence-corrected chi connectivity index (χ2v) is 8.65. The van der Waals surface area contributed by atoms with Crippen LogP contribution in [0.1, 0.15) is 23.7 Å². The molecule has 32 heavy (non-hydrogen) atoms. The summed E-state index contributed by atoms with van der Waals surface area (Å²) in [6, 6.07) is 13.9. The van der Waals surface area contributed by atoms with E-state index in [2.05, 4.69) is 10.1 Å². The zero-order valence-corrected chi connectivity index (χ0v) is 19.8. The van der Waals surface area contributed by atoms with Crippen LogP contribution in [0.2, 0.25) is 10.2 Å². The predicted octanol–water partition coefficient (Wildman–Crippen LogP) is 6.02. The highest BCUT2D eigenvalue weighted by molar-refractivity contribution is 7.07. The Morgan fingerprint density at radius 3 is 2.50 bits per heavy atom. The van der Waals surface area contributed by atoms with Crippen LogP contribution in [-0.2, 0) is 6.54 Å². The van der Waals surface area contributed by atoms with Gasteiger partial charge in [0.2, 0.25) is 4.80 Å². The van der Waals surface area contributed by atoms with Gasteiger partial charge in [-0.2, -0.15) is 10.2 Å². The van der Waals surface area contributed by atoms with Crippen LogP contribution in [-0.4, -0.2) is 27.2 Å². The van der Waals surface area contributed by atoms with E-state index in [9.17, 15) is 4.39 Å². The second kappa shape index (κ2) is 9.81. The van der Waals surface area contributed by atoms with Crippen LogP contribution in [0.3, 0.4) is 0 Å². The minimum Gasteiger partial charge on any atom is -0.258 e. The molecular weight excluding hydrogens is 468 g/mol. The lowest BCUT2D eigenvalue weighted by molar-refractivity contribution is 0.624. The first kappa shape index (κ1) is 22.5. The zero-order valence-electron chi connectivity index (χ0n) is 17.5. The molecule has 4 rings (SSSR count). The number of aryl methyl sites for hydroxylation is 1. The molecule has 164 valence electrons. The van der Waals surface area contributed by atoms with E-state index in [4.69, 9.17) is 28.3 Å². The van der Waals surface area contributed by atoms with Gasteiger partial charge in [-0.15, -0.1) is 11.3 Å². The fourth-order valence-corrected chi connectivity index (χ4v) is 4.48. The number of halogens is 3. The molecule has 0 bridgehead atoms. The maximum atomic E-state index is 13.2. The maximum absolute atomic E-state index is 13.2. The van der Waals surface area contributed by atoms with Crippen molar-refractivity contribution in [2.45, 2.75) is 20.4 Å². The summed E-state index contributed by atoms with van der Waals surface area (Å²) in [6.07, 6.45) is 1.70. The van der Waals surface area contributed by atoms with E-state index in [1.807, 2.05) is 43.5 Å². The van der Waals surface area contributed by atoms with E-state index in [0.717, 1.165) is 32.9 Å². The molecule has 2 aromatic heterocycles. The van der Waals surface area contributed by atoms with Gasteiger partial charge < -0.3 is 0 Å². The SMILES string of the molecule is CCN=c1scc(-c2ccc(Cl)cc2)n1N=Cc1c(C)nn(Cc2ccc(F)cc2)c1Cl. The molecule has 4 aromatic rings. The molecule has 2 aromatic carbocycles. The number of aromatic nitrogens is 3. The highest BCUT2D eigenvalue weighted by Gasteiger charge is 2.13. The molecule has 9 heteroatoms. The predicted molar refractivity (Wildman–Crippen MR) is 129 cm³/mol. The first-order valence-corrected chi connectivity index (χ1v) is 11.6. The number of hydrogen-bond acceptors (Lipinski definition) is 4. The van der Waals surface area contributed by atoms with Gasteiger partial charge in [-0.3, -0.25) is 4.99 Å². The summed E-state index contributed by atoms with van der Waals surface area (Å²) in [5, 5.41) is 12.4. The molecule has 0 unspecified atom stereocenters. The molecule has 0 amide bonds. The normalized spacial score (nSPS) is 12.2. The summed E-state index contributed by atoms with van der Waals surface area (Å²) in [5.41, 5.74) is 4.26. The minimum atomic E-state index is -0.276. The number of hydrogen-bond donors (Lipinski definition) is 0. The monoisotopic (exact) mass is 487 g/mol. The fraction of sp³-hybridized carbons (Fsp3) is 0.174. The molecule has 0 atom stereocenters. The quantitative estimate of drug-likeness (QED) is 0.306. The molecule has 0 saturated carbocycles. The first-order chi connectivity index (χ1) is 15.5. The topological polar surface area (TPSA) is 47.5 Å². The van der Waals surface area contributed by atoms with Gasteiger partial charge in [-0.05, 0) is 43.7 Å². The third-order valence-electron chi connectivity index (χ3n) is 4.78. The molecule has 0 saturated heterocycles. The van der Waals surface area contributed by atoms with Gasteiger partial charge in [0.05, 0.1) is 29.7 Å². The first-order valence-electron chi connectivity index (χ1n) is 9.95. The highest BCUT2D eigenvalue weighted by atomic mass is 35.5. The average molecular weight is 488 g/mol. The summed E-state index contributed by atoms with van der Waals surface area (Å²) < 4.78 is 16.7. The fourth-order valence-electron chi connectivity index (χ4n) is 3.17. The van der Waals surface area contributed by atoms with Crippen LogP contribution in [0.25, 0.3) is 11.3 Å². The lowest BCUT2D eigenvalue weighted by Crippen LogP contribution is -2.12. The van der Waals surface area contributed by atoms with Crippen molar-refractivity contribution in [2.24, 2.45) is 10.1 Å². The number of nitrogens with zero attached hydrogens (tertiary/aromatic N) is 5. The molecule has 0 fully saturated rings. The van der Waals surface area contributed by atoms with Gasteiger partial charge in [-0.25, -0.2) is 13.7 Å².